The lowest BCUT2D eigenvalue weighted by atomic mass is 9.92. The van der Waals surface area contributed by atoms with Crippen molar-refractivity contribution in [3.8, 4) is 11.8 Å². The summed E-state index contributed by atoms with van der Waals surface area (Å²) < 4.78 is 11.1. The number of nitriles is 1. The zero-order valence-corrected chi connectivity index (χ0v) is 18.1. The summed E-state index contributed by atoms with van der Waals surface area (Å²) in [5.41, 5.74) is 11.8. The van der Waals surface area contributed by atoms with Crippen molar-refractivity contribution in [3.05, 3.63) is 53.2 Å². The average molecular weight is 417 g/mol. The van der Waals surface area contributed by atoms with E-state index in [4.69, 9.17) is 20.2 Å². The van der Waals surface area contributed by atoms with E-state index in [9.17, 15) is 5.26 Å². The summed E-state index contributed by atoms with van der Waals surface area (Å²) in [4.78, 5) is 4.72. The first-order chi connectivity index (χ1) is 15.1. The molecule has 3 aromatic rings. The molecule has 0 atom stereocenters. The molecule has 2 aromatic carbocycles. The number of fused-ring (bicyclic) bond motifs is 1. The number of ether oxygens (including phenoxy) is 2. The maximum absolute atomic E-state index is 9.89. The minimum atomic E-state index is 0.525. The summed E-state index contributed by atoms with van der Waals surface area (Å²) in [7, 11) is 0. The summed E-state index contributed by atoms with van der Waals surface area (Å²) in [5.74, 6) is 1.16. The summed E-state index contributed by atoms with van der Waals surface area (Å²) in [6.45, 7) is 6.10. The fraction of sp³-hybridized carbons (Fsp3) is 0.360. The minimum absolute atomic E-state index is 0.525. The Bertz CT molecular complexity index is 1110. The quantitative estimate of drug-likeness (QED) is 0.531. The van der Waals surface area contributed by atoms with Gasteiger partial charge in [0.25, 0.3) is 0 Å². The molecule has 3 N–H and O–H groups in total. The molecular weight excluding hydrogens is 388 g/mol. The van der Waals surface area contributed by atoms with Crippen LogP contribution in [0.4, 0.5) is 17.1 Å². The lowest BCUT2D eigenvalue weighted by molar-refractivity contribution is 0.0853. The predicted octanol–water partition coefficient (Wildman–Crippen LogP) is 5.29. The van der Waals surface area contributed by atoms with Gasteiger partial charge in [0, 0.05) is 30.4 Å². The Morgan fingerprint density at radius 3 is 2.58 bits per heavy atom. The molecular formula is C25H28N4O2. The fourth-order valence-corrected chi connectivity index (χ4v) is 4.16. The van der Waals surface area contributed by atoms with Crippen molar-refractivity contribution >= 4 is 28.0 Å². The van der Waals surface area contributed by atoms with Crippen molar-refractivity contribution in [2.24, 2.45) is 0 Å². The van der Waals surface area contributed by atoms with Crippen molar-refractivity contribution in [2.75, 3.05) is 30.9 Å². The molecule has 6 nitrogen and oxygen atoms in total. The van der Waals surface area contributed by atoms with E-state index in [2.05, 4.69) is 35.7 Å². The first-order valence-electron chi connectivity index (χ1n) is 10.9. The van der Waals surface area contributed by atoms with Crippen LogP contribution in [0.3, 0.4) is 0 Å². The predicted molar refractivity (Wildman–Crippen MR) is 124 cm³/mol. The maximum atomic E-state index is 9.89. The highest BCUT2D eigenvalue weighted by atomic mass is 16.5. The van der Waals surface area contributed by atoms with Crippen molar-refractivity contribution < 1.29 is 9.47 Å². The summed E-state index contributed by atoms with van der Waals surface area (Å²) in [6, 6.07) is 14.5. The standard InChI is InChI=1S/C25H28N4O2/c1-3-22-20(15-26)25(19-13-21(27)24(31-4-2)14-23(19)29-22)28-18-7-5-16(6-8-18)17-9-11-30-12-10-17/h5-8,13-14,17H,3-4,9-12,27H2,1-2H3,(H,28,29). The highest BCUT2D eigenvalue weighted by molar-refractivity contribution is 5.99. The molecule has 0 aliphatic carbocycles. The van der Waals surface area contributed by atoms with Gasteiger partial charge in [0.2, 0.25) is 0 Å². The van der Waals surface area contributed by atoms with E-state index in [-0.39, 0.29) is 0 Å². The second kappa shape index (κ2) is 9.23. The van der Waals surface area contributed by atoms with Crippen LogP contribution in [0, 0.1) is 11.3 Å². The molecule has 0 amide bonds. The number of hydrogen-bond acceptors (Lipinski definition) is 6. The van der Waals surface area contributed by atoms with E-state index < -0.39 is 0 Å². The molecule has 160 valence electrons. The van der Waals surface area contributed by atoms with Crippen molar-refractivity contribution in [2.45, 2.75) is 39.0 Å². The average Bonchev–Trinajstić information content (AvgIpc) is 2.81. The Morgan fingerprint density at radius 1 is 1.19 bits per heavy atom. The van der Waals surface area contributed by atoms with E-state index >= 15 is 0 Å². The molecule has 1 fully saturated rings. The molecule has 1 aromatic heterocycles. The van der Waals surface area contributed by atoms with E-state index in [1.54, 1.807) is 0 Å². The van der Waals surface area contributed by atoms with Crippen LogP contribution in [0.1, 0.15) is 49.4 Å². The molecule has 4 rings (SSSR count). The van der Waals surface area contributed by atoms with E-state index in [0.717, 1.165) is 54.0 Å². The number of anilines is 3. The molecule has 0 saturated carbocycles. The minimum Gasteiger partial charge on any atom is -0.492 e. The molecule has 0 radical (unpaired) electrons. The number of nitrogen functional groups attached to an aromatic ring is 1. The molecule has 31 heavy (non-hydrogen) atoms. The molecule has 1 saturated heterocycles. The maximum Gasteiger partial charge on any atom is 0.144 e. The lowest BCUT2D eigenvalue weighted by Gasteiger charge is -2.22. The Labute approximate surface area is 183 Å². The zero-order chi connectivity index (χ0) is 21.8. The highest BCUT2D eigenvalue weighted by Crippen LogP contribution is 2.36. The number of aromatic nitrogens is 1. The molecule has 6 heteroatoms. The third kappa shape index (κ3) is 4.28. The number of nitrogens with two attached hydrogens (primary N) is 1. The Balaban J connectivity index is 1.74. The first kappa shape index (κ1) is 21.0. The smallest absolute Gasteiger partial charge is 0.144 e. The number of rotatable bonds is 6. The van der Waals surface area contributed by atoms with Crippen LogP contribution in [0.5, 0.6) is 5.75 Å². The Hall–Kier alpha value is -3.30. The third-order valence-electron chi connectivity index (χ3n) is 5.81. The van der Waals surface area contributed by atoms with Crippen LogP contribution in [-0.2, 0) is 11.2 Å². The largest absolute Gasteiger partial charge is 0.492 e. The van der Waals surface area contributed by atoms with Crippen LogP contribution in [0.25, 0.3) is 10.9 Å². The van der Waals surface area contributed by atoms with Crippen LogP contribution < -0.4 is 15.8 Å². The van der Waals surface area contributed by atoms with Gasteiger partial charge in [0.1, 0.15) is 11.8 Å². The van der Waals surface area contributed by atoms with Gasteiger partial charge in [0.15, 0.2) is 0 Å². The van der Waals surface area contributed by atoms with Gasteiger partial charge < -0.3 is 20.5 Å². The monoisotopic (exact) mass is 416 g/mol. The molecule has 0 bridgehead atoms. The van der Waals surface area contributed by atoms with Gasteiger partial charge >= 0.3 is 0 Å². The second-order valence-corrected chi connectivity index (χ2v) is 7.75. The first-order valence-corrected chi connectivity index (χ1v) is 10.9. The van der Waals surface area contributed by atoms with Crippen molar-refractivity contribution in [3.63, 3.8) is 0 Å². The number of nitrogens with one attached hydrogen (secondary N) is 1. The van der Waals surface area contributed by atoms with Crippen LogP contribution in [0.2, 0.25) is 0 Å². The molecule has 0 spiro atoms. The molecule has 2 heterocycles. The van der Waals surface area contributed by atoms with Gasteiger partial charge in [-0.2, -0.15) is 5.26 Å². The Morgan fingerprint density at radius 2 is 1.94 bits per heavy atom. The number of pyridine rings is 1. The highest BCUT2D eigenvalue weighted by Gasteiger charge is 2.18. The van der Waals surface area contributed by atoms with Gasteiger partial charge in [-0.15, -0.1) is 0 Å². The summed E-state index contributed by atoms with van der Waals surface area (Å²) >= 11 is 0. The summed E-state index contributed by atoms with van der Waals surface area (Å²) in [6.07, 6.45) is 2.77. The normalized spacial score (nSPS) is 14.4. The number of hydrogen-bond donors (Lipinski definition) is 2. The van der Waals surface area contributed by atoms with Crippen LogP contribution in [0.15, 0.2) is 36.4 Å². The Kier molecular flexibility index (Phi) is 6.24. The SMILES string of the molecule is CCOc1cc2nc(CC)c(C#N)c(Nc3ccc(C4CCOCC4)cc3)c2cc1N. The van der Waals surface area contributed by atoms with Gasteiger partial charge in [0.05, 0.1) is 34.8 Å². The van der Waals surface area contributed by atoms with Gasteiger partial charge in [-0.05, 0) is 55.9 Å². The summed E-state index contributed by atoms with van der Waals surface area (Å²) in [5, 5.41) is 14.2. The van der Waals surface area contributed by atoms with Crippen molar-refractivity contribution in [1.82, 2.24) is 4.98 Å². The van der Waals surface area contributed by atoms with E-state index in [0.29, 0.717) is 35.9 Å². The van der Waals surface area contributed by atoms with E-state index in [1.807, 2.05) is 26.0 Å². The third-order valence-corrected chi connectivity index (χ3v) is 5.81. The number of benzene rings is 2. The van der Waals surface area contributed by atoms with Gasteiger partial charge in [-0.3, -0.25) is 4.98 Å². The number of nitrogens with zero attached hydrogens (tertiary/aromatic N) is 2. The fourth-order valence-electron chi connectivity index (χ4n) is 4.16. The molecule has 1 aliphatic heterocycles. The van der Waals surface area contributed by atoms with Crippen LogP contribution >= 0.6 is 0 Å². The van der Waals surface area contributed by atoms with E-state index in [1.165, 1.54) is 5.56 Å². The lowest BCUT2D eigenvalue weighted by Crippen LogP contribution is -2.13. The molecule has 1 aliphatic rings. The van der Waals surface area contributed by atoms with Crippen molar-refractivity contribution in [1.29, 1.82) is 5.26 Å². The molecule has 0 unspecified atom stereocenters. The van der Waals surface area contributed by atoms with Crippen LogP contribution in [-0.4, -0.2) is 24.8 Å². The zero-order valence-electron chi connectivity index (χ0n) is 18.1. The van der Waals surface area contributed by atoms with Gasteiger partial charge in [-0.1, -0.05) is 19.1 Å². The topological polar surface area (TPSA) is 93.2 Å². The van der Waals surface area contributed by atoms with Gasteiger partial charge in [-0.25, -0.2) is 0 Å². The number of aryl methyl sites for hydroxylation is 1. The second-order valence-electron chi connectivity index (χ2n) is 7.75.